The van der Waals surface area contributed by atoms with Gasteiger partial charge in [0.2, 0.25) is 0 Å². The fourth-order valence-corrected chi connectivity index (χ4v) is 2.55. The van der Waals surface area contributed by atoms with Crippen LogP contribution < -0.4 is 9.47 Å². The Kier molecular flexibility index (Phi) is 3.50. The highest BCUT2D eigenvalue weighted by molar-refractivity contribution is 6.31. The molecule has 2 rings (SSSR count). The second kappa shape index (κ2) is 4.75. The number of benzene rings is 1. The quantitative estimate of drug-likeness (QED) is 0.883. The third kappa shape index (κ3) is 2.22. The van der Waals surface area contributed by atoms with Gasteiger partial charge < -0.3 is 14.6 Å². The molecule has 4 heteroatoms. The highest BCUT2D eigenvalue weighted by Gasteiger charge is 2.25. The van der Waals surface area contributed by atoms with E-state index in [1.54, 1.807) is 13.0 Å². The van der Waals surface area contributed by atoms with E-state index in [0.717, 1.165) is 16.9 Å². The molecule has 0 radical (unpaired) electrons. The Morgan fingerprint density at radius 1 is 1.18 bits per heavy atom. The molecular weight excluding hydrogens is 240 g/mol. The zero-order chi connectivity index (χ0) is 12.6. The Bertz CT molecular complexity index is 427. The van der Waals surface area contributed by atoms with Gasteiger partial charge in [0.25, 0.3) is 0 Å². The van der Waals surface area contributed by atoms with Gasteiger partial charge in [-0.3, -0.25) is 0 Å². The normalized spacial score (nSPS) is 16.1. The summed E-state index contributed by atoms with van der Waals surface area (Å²) < 4.78 is 11.2. The number of hydrogen-bond donors (Lipinski definition) is 1. The molecule has 1 atom stereocenters. The van der Waals surface area contributed by atoms with Gasteiger partial charge in [-0.2, -0.15) is 0 Å². The molecule has 3 nitrogen and oxygen atoms in total. The topological polar surface area (TPSA) is 38.7 Å². The summed E-state index contributed by atoms with van der Waals surface area (Å²) in [5.41, 5.74) is 1.69. The smallest absolute Gasteiger partial charge is 0.165 e. The van der Waals surface area contributed by atoms with E-state index in [9.17, 15) is 5.11 Å². The minimum Gasteiger partial charge on any atom is -0.486 e. The van der Waals surface area contributed by atoms with Crippen LogP contribution in [-0.4, -0.2) is 18.3 Å². The average Bonchev–Trinajstić information content (AvgIpc) is 2.26. The third-order valence-corrected chi connectivity index (χ3v) is 3.17. The molecule has 1 N–H and O–H groups in total. The van der Waals surface area contributed by atoms with Crippen LogP contribution in [0.4, 0.5) is 0 Å². The molecule has 1 aromatic carbocycles. The van der Waals surface area contributed by atoms with Crippen LogP contribution in [0.5, 0.6) is 11.5 Å². The summed E-state index contributed by atoms with van der Waals surface area (Å²) in [6, 6.07) is 1.73. The van der Waals surface area contributed by atoms with Crippen LogP contribution in [0.25, 0.3) is 0 Å². The van der Waals surface area contributed by atoms with E-state index in [1.807, 2.05) is 0 Å². The number of aliphatic hydroxyl groups excluding tert-OH is 1. The van der Waals surface area contributed by atoms with Crippen LogP contribution >= 0.6 is 11.6 Å². The molecule has 0 amide bonds. The van der Waals surface area contributed by atoms with Crippen molar-refractivity contribution in [2.24, 2.45) is 0 Å². The van der Waals surface area contributed by atoms with Crippen molar-refractivity contribution in [2.75, 3.05) is 13.2 Å². The molecule has 0 saturated heterocycles. The lowest BCUT2D eigenvalue weighted by atomic mass is 9.92. The van der Waals surface area contributed by atoms with Crippen molar-refractivity contribution in [3.63, 3.8) is 0 Å². The van der Waals surface area contributed by atoms with Crippen molar-refractivity contribution >= 4 is 11.6 Å². The van der Waals surface area contributed by atoms with Gasteiger partial charge in [0.1, 0.15) is 13.2 Å². The highest BCUT2D eigenvalue weighted by atomic mass is 35.5. The summed E-state index contributed by atoms with van der Waals surface area (Å²) in [6.45, 7) is 6.89. The van der Waals surface area contributed by atoms with E-state index in [1.165, 1.54) is 0 Å². The van der Waals surface area contributed by atoms with E-state index in [4.69, 9.17) is 21.1 Å². The first-order valence-corrected chi connectivity index (χ1v) is 6.20. The molecule has 94 valence electrons. The van der Waals surface area contributed by atoms with Crippen molar-refractivity contribution in [2.45, 2.75) is 32.8 Å². The zero-order valence-electron chi connectivity index (χ0n) is 10.3. The number of ether oxygens (including phenoxy) is 2. The lowest BCUT2D eigenvalue weighted by molar-refractivity contribution is 0.165. The van der Waals surface area contributed by atoms with Crippen LogP contribution in [0.1, 0.15) is 43.9 Å². The lowest BCUT2D eigenvalue weighted by Gasteiger charge is -2.26. The fraction of sp³-hybridized carbons (Fsp3) is 0.538. The monoisotopic (exact) mass is 256 g/mol. The summed E-state index contributed by atoms with van der Waals surface area (Å²) >= 11 is 6.21. The minimum atomic E-state index is -0.615. The average molecular weight is 257 g/mol. The Labute approximate surface area is 106 Å². The molecule has 0 aromatic heterocycles. The van der Waals surface area contributed by atoms with Gasteiger partial charge in [0.15, 0.2) is 11.5 Å². The number of fused-ring (bicyclic) bond motifs is 1. The molecule has 0 saturated carbocycles. The van der Waals surface area contributed by atoms with Crippen molar-refractivity contribution in [3.05, 3.63) is 22.2 Å². The molecule has 17 heavy (non-hydrogen) atoms. The maximum absolute atomic E-state index is 9.86. The van der Waals surface area contributed by atoms with Crippen molar-refractivity contribution in [1.82, 2.24) is 0 Å². The van der Waals surface area contributed by atoms with Crippen LogP contribution in [-0.2, 0) is 0 Å². The predicted octanol–water partition coefficient (Wildman–Crippen LogP) is 3.29. The molecule has 0 aliphatic carbocycles. The molecule has 1 unspecified atom stereocenters. The minimum absolute atomic E-state index is 0.216. The van der Waals surface area contributed by atoms with Gasteiger partial charge in [-0.25, -0.2) is 0 Å². The number of rotatable bonds is 2. The highest BCUT2D eigenvalue weighted by Crippen LogP contribution is 2.45. The third-order valence-electron chi connectivity index (χ3n) is 2.86. The van der Waals surface area contributed by atoms with Gasteiger partial charge in [0, 0.05) is 17.2 Å². The molecule has 0 bridgehead atoms. The van der Waals surface area contributed by atoms with Crippen molar-refractivity contribution in [3.8, 4) is 11.5 Å². The number of halogens is 1. The summed E-state index contributed by atoms with van der Waals surface area (Å²) in [5, 5.41) is 10.4. The van der Waals surface area contributed by atoms with E-state index in [2.05, 4.69) is 13.8 Å². The Balaban J connectivity index is 2.67. The van der Waals surface area contributed by atoms with Crippen molar-refractivity contribution < 1.29 is 14.6 Å². The van der Waals surface area contributed by atoms with E-state index >= 15 is 0 Å². The first-order chi connectivity index (χ1) is 8.02. The first kappa shape index (κ1) is 12.5. The van der Waals surface area contributed by atoms with Crippen LogP contribution in [0.2, 0.25) is 5.02 Å². The van der Waals surface area contributed by atoms with Gasteiger partial charge >= 0.3 is 0 Å². The van der Waals surface area contributed by atoms with Crippen LogP contribution in [0.15, 0.2) is 6.07 Å². The predicted molar refractivity (Wildman–Crippen MR) is 67.2 cm³/mol. The maximum atomic E-state index is 9.86. The molecule has 1 aliphatic heterocycles. The Morgan fingerprint density at radius 2 is 1.82 bits per heavy atom. The Hall–Kier alpha value is -0.930. The molecule has 1 aliphatic rings. The lowest BCUT2D eigenvalue weighted by Crippen LogP contribution is -2.18. The summed E-state index contributed by atoms with van der Waals surface area (Å²) in [5.74, 6) is 1.62. The molecule has 0 fully saturated rings. The molecular formula is C13H17ClO3. The molecule has 0 spiro atoms. The summed E-state index contributed by atoms with van der Waals surface area (Å²) in [7, 11) is 0. The maximum Gasteiger partial charge on any atom is 0.165 e. The van der Waals surface area contributed by atoms with E-state index < -0.39 is 6.10 Å². The standard InChI is InChI=1S/C13H17ClO3/c1-7(2)11-12(8(3)15)9(14)6-10-13(11)17-5-4-16-10/h6-8,15H,4-5H2,1-3H3. The SMILES string of the molecule is CC(C)c1c2c(cc(Cl)c1C(C)O)OCCO2. The van der Waals surface area contributed by atoms with Crippen molar-refractivity contribution in [1.29, 1.82) is 0 Å². The molecule has 1 heterocycles. The van der Waals surface area contributed by atoms with Gasteiger partial charge in [-0.1, -0.05) is 25.4 Å². The Morgan fingerprint density at radius 3 is 2.41 bits per heavy atom. The van der Waals surface area contributed by atoms with Crippen LogP contribution in [0, 0.1) is 0 Å². The first-order valence-electron chi connectivity index (χ1n) is 5.82. The van der Waals surface area contributed by atoms with E-state index in [-0.39, 0.29) is 5.92 Å². The van der Waals surface area contributed by atoms with E-state index in [0.29, 0.717) is 24.0 Å². The summed E-state index contributed by atoms with van der Waals surface area (Å²) in [4.78, 5) is 0. The van der Waals surface area contributed by atoms with Gasteiger partial charge in [-0.05, 0) is 12.8 Å². The van der Waals surface area contributed by atoms with Gasteiger partial charge in [-0.15, -0.1) is 0 Å². The second-order valence-electron chi connectivity index (χ2n) is 4.54. The van der Waals surface area contributed by atoms with Gasteiger partial charge in [0.05, 0.1) is 11.1 Å². The zero-order valence-corrected chi connectivity index (χ0v) is 11.0. The summed E-state index contributed by atoms with van der Waals surface area (Å²) in [6.07, 6.45) is -0.615. The number of hydrogen-bond acceptors (Lipinski definition) is 3. The van der Waals surface area contributed by atoms with Crippen LogP contribution in [0.3, 0.4) is 0 Å². The largest absolute Gasteiger partial charge is 0.486 e. The second-order valence-corrected chi connectivity index (χ2v) is 4.95. The number of aliphatic hydroxyl groups is 1. The fourth-order valence-electron chi connectivity index (χ4n) is 2.19. The molecule has 1 aromatic rings.